The third-order valence-corrected chi connectivity index (χ3v) is 7.04. The molecule has 4 aromatic carbocycles. The van der Waals surface area contributed by atoms with Gasteiger partial charge in [0.05, 0.1) is 28.8 Å². The molecule has 0 aliphatic carbocycles. The van der Waals surface area contributed by atoms with Gasteiger partial charge in [-0.05, 0) is 55.0 Å². The van der Waals surface area contributed by atoms with Crippen LogP contribution in [-0.2, 0) is 13.0 Å². The van der Waals surface area contributed by atoms with Crippen LogP contribution in [0.1, 0.15) is 21.5 Å². The van der Waals surface area contributed by atoms with E-state index in [2.05, 4.69) is 29.0 Å². The fourth-order valence-corrected chi connectivity index (χ4v) is 5.34. The van der Waals surface area contributed by atoms with Gasteiger partial charge in [0.2, 0.25) is 12.3 Å². The van der Waals surface area contributed by atoms with E-state index >= 15 is 0 Å². The average molecular weight is 500 g/mol. The maximum absolute atomic E-state index is 13.0. The van der Waals surface area contributed by atoms with Crippen molar-refractivity contribution >= 4 is 38.4 Å². The number of benzene rings is 4. The third-order valence-electron chi connectivity index (χ3n) is 7.04. The van der Waals surface area contributed by atoms with E-state index in [0.717, 1.165) is 57.1 Å². The third kappa shape index (κ3) is 3.18. The van der Waals surface area contributed by atoms with Crippen molar-refractivity contribution in [3.05, 3.63) is 77.5 Å². The summed E-state index contributed by atoms with van der Waals surface area (Å²) in [6, 6.07) is 17.6. The molecule has 2 aliphatic rings. The van der Waals surface area contributed by atoms with Crippen molar-refractivity contribution in [2.75, 3.05) is 13.9 Å². The van der Waals surface area contributed by atoms with Gasteiger partial charge in [0.15, 0.2) is 35.7 Å². The lowest BCUT2D eigenvalue weighted by atomic mass is 9.93. The fraction of sp³-hybridized carbons (Fsp3) is 0.172. The van der Waals surface area contributed by atoms with Gasteiger partial charge in [0.1, 0.15) is 0 Å². The molecule has 3 heterocycles. The number of hydrogen-bond acceptors (Lipinski definition) is 5. The molecule has 0 radical (unpaired) electrons. The Hall–Kier alpha value is -4.03. The molecule has 0 N–H and O–H groups in total. The van der Waals surface area contributed by atoms with Gasteiger partial charge in [-0.25, -0.2) is 4.79 Å². The second-order valence-corrected chi connectivity index (χ2v) is 9.04. The van der Waals surface area contributed by atoms with Crippen molar-refractivity contribution in [3.8, 4) is 23.0 Å². The summed E-state index contributed by atoms with van der Waals surface area (Å²) in [4.78, 5) is 13.0. The Morgan fingerprint density at radius 1 is 0.944 bits per heavy atom. The first-order valence-corrected chi connectivity index (χ1v) is 11.6. The van der Waals surface area contributed by atoms with Gasteiger partial charge in [0, 0.05) is 17.2 Å². The zero-order chi connectivity index (χ0) is 23.7. The molecule has 0 atom stereocenters. The van der Waals surface area contributed by atoms with Gasteiger partial charge in [0.25, 0.3) is 0 Å². The largest absolute Gasteiger partial charge is 1.00 e. The second kappa shape index (κ2) is 8.28. The number of aryl methyl sites for hydroxylation is 3. The number of hydrogen-bond donors (Lipinski definition) is 0. The highest BCUT2D eigenvalue weighted by Crippen LogP contribution is 2.46. The predicted octanol–water partition coefficient (Wildman–Crippen LogP) is 2.26. The van der Waals surface area contributed by atoms with E-state index in [1.54, 1.807) is 19.2 Å². The maximum atomic E-state index is 13.0. The number of methoxy groups -OCH3 is 1. The Balaban J connectivity index is 0.00000240. The summed E-state index contributed by atoms with van der Waals surface area (Å²) in [6.07, 6.45) is 2.95. The van der Waals surface area contributed by atoms with Crippen LogP contribution in [0.2, 0.25) is 0 Å². The zero-order valence-corrected chi connectivity index (χ0v) is 20.5. The average Bonchev–Trinajstić information content (AvgIpc) is 3.36. The lowest BCUT2D eigenvalue weighted by Gasteiger charge is -2.18. The number of pyridine rings is 1. The van der Waals surface area contributed by atoms with Crippen molar-refractivity contribution in [2.24, 2.45) is 0 Å². The number of nitrogens with zero attached hydrogens (tertiary/aromatic N) is 1. The number of halogens is 1. The van der Waals surface area contributed by atoms with E-state index < -0.39 is 5.97 Å². The van der Waals surface area contributed by atoms with Crippen LogP contribution >= 0.6 is 0 Å². The van der Waals surface area contributed by atoms with Gasteiger partial charge in [-0.3, -0.25) is 0 Å². The molecule has 180 valence electrons. The summed E-state index contributed by atoms with van der Waals surface area (Å²) < 4.78 is 25.3. The Bertz CT molecular complexity index is 1710. The van der Waals surface area contributed by atoms with Crippen molar-refractivity contribution in [1.82, 2.24) is 0 Å². The summed E-state index contributed by atoms with van der Waals surface area (Å²) in [7, 11) is 1.59. The van der Waals surface area contributed by atoms with Crippen LogP contribution in [0.5, 0.6) is 23.0 Å². The molecular weight excluding hydrogens is 478 g/mol. The molecule has 6 nitrogen and oxygen atoms in total. The van der Waals surface area contributed by atoms with E-state index in [9.17, 15) is 4.79 Å². The molecule has 0 fully saturated rings. The van der Waals surface area contributed by atoms with Gasteiger partial charge in [-0.15, -0.1) is 0 Å². The van der Waals surface area contributed by atoms with Crippen molar-refractivity contribution in [1.29, 1.82) is 0 Å². The standard InChI is InChI=1S/C29H22NO5.ClH/c1-16-3-5-17(6-4-16)29(31)35-28-22-14-30-12-11-18-13-24-27(34-15-33-24)21-8-7-20(26(30)25(18)21)19(22)9-10-23(28)32-2;/h3-10,13-14H,11-12,15H2,1-2H3;1H/q+1;/p-1. The van der Waals surface area contributed by atoms with Gasteiger partial charge < -0.3 is 31.4 Å². The highest BCUT2D eigenvalue weighted by molar-refractivity contribution is 6.17. The highest BCUT2D eigenvalue weighted by atomic mass is 35.5. The molecule has 0 bridgehead atoms. The summed E-state index contributed by atoms with van der Waals surface area (Å²) in [5.41, 5.74) is 3.99. The van der Waals surface area contributed by atoms with Gasteiger partial charge in [-0.1, -0.05) is 17.7 Å². The van der Waals surface area contributed by atoms with E-state index in [1.165, 1.54) is 10.9 Å². The van der Waals surface area contributed by atoms with Crippen molar-refractivity contribution in [2.45, 2.75) is 19.9 Å². The monoisotopic (exact) mass is 499 g/mol. The highest BCUT2D eigenvalue weighted by Gasteiger charge is 2.30. The Morgan fingerprint density at radius 2 is 1.72 bits per heavy atom. The quantitative estimate of drug-likeness (QED) is 0.165. The predicted molar refractivity (Wildman–Crippen MR) is 132 cm³/mol. The maximum Gasteiger partial charge on any atom is 0.343 e. The van der Waals surface area contributed by atoms with E-state index in [0.29, 0.717) is 17.1 Å². The second-order valence-electron chi connectivity index (χ2n) is 9.04. The van der Waals surface area contributed by atoms with Crippen LogP contribution in [0.15, 0.2) is 60.8 Å². The number of ether oxygens (including phenoxy) is 4. The Kier molecular flexibility index (Phi) is 5.16. The van der Waals surface area contributed by atoms with Gasteiger partial charge >= 0.3 is 5.97 Å². The lowest BCUT2D eigenvalue weighted by molar-refractivity contribution is -0.670. The Morgan fingerprint density at radius 3 is 2.53 bits per heavy atom. The lowest BCUT2D eigenvalue weighted by Crippen LogP contribution is -3.00. The fourth-order valence-electron chi connectivity index (χ4n) is 5.34. The normalized spacial score (nSPS) is 13.3. The molecule has 0 amide bonds. The molecular formula is C29H22ClNO5. The smallest absolute Gasteiger partial charge is 0.343 e. The Labute approximate surface area is 213 Å². The molecule has 0 saturated carbocycles. The SMILES string of the molecule is COc1ccc2c(c[n+]3c4c2ccc2c5c(cc(c24)CC3)OCO5)c1OC(=O)c1ccc(C)cc1.[Cl-]. The molecule has 0 unspecified atom stereocenters. The first kappa shape index (κ1) is 22.4. The molecule has 1 aromatic heterocycles. The summed E-state index contributed by atoms with van der Waals surface area (Å²) in [5, 5.41) is 5.17. The number of aromatic nitrogens is 1. The molecule has 5 aromatic rings. The first-order chi connectivity index (χ1) is 17.1. The number of esters is 1. The molecule has 7 rings (SSSR count). The molecule has 0 spiro atoms. The summed E-state index contributed by atoms with van der Waals surface area (Å²) in [6.45, 7) is 3.04. The number of rotatable bonds is 3. The molecule has 36 heavy (non-hydrogen) atoms. The molecule has 2 aliphatic heterocycles. The minimum atomic E-state index is -0.414. The molecule has 0 saturated heterocycles. The van der Waals surface area contributed by atoms with Crippen LogP contribution in [0.4, 0.5) is 0 Å². The van der Waals surface area contributed by atoms with Crippen LogP contribution in [-0.4, -0.2) is 19.9 Å². The molecule has 7 heteroatoms. The minimum absolute atomic E-state index is 0. The first-order valence-electron chi connectivity index (χ1n) is 11.6. The number of carbonyl (C=O) groups excluding carboxylic acids is 1. The van der Waals surface area contributed by atoms with Crippen molar-refractivity contribution < 1.29 is 40.7 Å². The van der Waals surface area contributed by atoms with E-state index in [4.69, 9.17) is 18.9 Å². The van der Waals surface area contributed by atoms with Gasteiger partial charge in [-0.2, -0.15) is 4.57 Å². The van der Waals surface area contributed by atoms with Crippen molar-refractivity contribution in [3.63, 3.8) is 0 Å². The van der Waals surface area contributed by atoms with E-state index in [-0.39, 0.29) is 19.2 Å². The van der Waals surface area contributed by atoms with Crippen LogP contribution in [0.3, 0.4) is 0 Å². The number of fused-ring (bicyclic) bond motifs is 4. The van der Waals surface area contributed by atoms with Crippen LogP contribution < -0.4 is 35.9 Å². The minimum Gasteiger partial charge on any atom is -1.00 e. The summed E-state index contributed by atoms with van der Waals surface area (Å²) in [5.74, 6) is 2.16. The number of carbonyl (C=O) groups is 1. The van der Waals surface area contributed by atoms with E-state index in [1.807, 2.05) is 31.2 Å². The van der Waals surface area contributed by atoms with Crippen LogP contribution in [0.25, 0.3) is 32.4 Å². The topological polar surface area (TPSA) is 57.9 Å². The summed E-state index contributed by atoms with van der Waals surface area (Å²) >= 11 is 0. The zero-order valence-electron chi connectivity index (χ0n) is 19.8. The van der Waals surface area contributed by atoms with Crippen LogP contribution in [0, 0.1) is 6.92 Å².